The number of nitrogens with zero attached hydrogens (tertiary/aromatic N) is 3. The Bertz CT molecular complexity index is 640. The minimum absolute atomic E-state index is 0.0222. The van der Waals surface area contributed by atoms with E-state index in [-0.39, 0.29) is 23.8 Å². The van der Waals surface area contributed by atoms with Gasteiger partial charge in [-0.15, -0.1) is 0 Å². The number of amides is 1. The summed E-state index contributed by atoms with van der Waals surface area (Å²) >= 11 is 0. The van der Waals surface area contributed by atoms with E-state index in [0.717, 1.165) is 4.57 Å². The van der Waals surface area contributed by atoms with E-state index in [1.807, 2.05) is 0 Å². The molecule has 0 aliphatic rings. The van der Waals surface area contributed by atoms with Crippen molar-refractivity contribution in [2.45, 2.75) is 26.3 Å². The van der Waals surface area contributed by atoms with E-state index in [0.29, 0.717) is 12.8 Å². The van der Waals surface area contributed by atoms with Crippen LogP contribution >= 0.6 is 0 Å². The molecule has 0 aliphatic heterocycles. The van der Waals surface area contributed by atoms with E-state index < -0.39 is 11.2 Å². The van der Waals surface area contributed by atoms with Gasteiger partial charge in [-0.3, -0.25) is 23.5 Å². The third kappa shape index (κ3) is 3.43. The predicted molar refractivity (Wildman–Crippen MR) is 73.9 cm³/mol. The number of hydrogen-bond acceptors (Lipinski definition) is 4. The van der Waals surface area contributed by atoms with Crippen molar-refractivity contribution in [2.75, 3.05) is 14.1 Å². The molecule has 0 saturated heterocycles. The van der Waals surface area contributed by atoms with Gasteiger partial charge in [0.1, 0.15) is 0 Å². The van der Waals surface area contributed by atoms with Crippen LogP contribution < -0.4 is 11.2 Å². The Morgan fingerprint density at radius 1 is 1.25 bits per heavy atom. The largest absolute Gasteiger partial charge is 0.349 e. The molecule has 0 aliphatic carbocycles. The lowest BCUT2D eigenvalue weighted by Crippen LogP contribution is -2.40. The van der Waals surface area contributed by atoms with Gasteiger partial charge in [-0.2, -0.15) is 0 Å². The summed E-state index contributed by atoms with van der Waals surface area (Å²) in [5.74, 6) is -0.418. The number of rotatable bonds is 5. The average Bonchev–Trinajstić information content (AvgIpc) is 2.37. The Morgan fingerprint density at radius 2 is 1.85 bits per heavy atom. The molecule has 0 fully saturated rings. The number of aryl methyl sites for hydroxylation is 1. The lowest BCUT2D eigenvalue weighted by Gasteiger charge is -2.11. The molecule has 0 spiro atoms. The monoisotopic (exact) mass is 281 g/mol. The third-order valence-corrected chi connectivity index (χ3v) is 3.02. The van der Waals surface area contributed by atoms with Crippen molar-refractivity contribution >= 4 is 11.7 Å². The van der Waals surface area contributed by atoms with E-state index in [1.54, 1.807) is 14.1 Å². The van der Waals surface area contributed by atoms with Crippen molar-refractivity contribution in [1.82, 2.24) is 14.0 Å². The smallest absolute Gasteiger partial charge is 0.330 e. The van der Waals surface area contributed by atoms with Gasteiger partial charge in [0.25, 0.3) is 5.56 Å². The zero-order valence-electron chi connectivity index (χ0n) is 12.2. The number of carbonyl (C=O) groups excluding carboxylic acids is 2. The van der Waals surface area contributed by atoms with Crippen molar-refractivity contribution in [3.63, 3.8) is 0 Å². The molecule has 1 amide bonds. The highest BCUT2D eigenvalue weighted by molar-refractivity contribution is 5.93. The molecule has 1 aromatic rings. The summed E-state index contributed by atoms with van der Waals surface area (Å²) in [6, 6.07) is 0. The van der Waals surface area contributed by atoms with Gasteiger partial charge in [0.2, 0.25) is 5.91 Å². The second kappa shape index (κ2) is 6.31. The summed E-state index contributed by atoms with van der Waals surface area (Å²) in [7, 11) is 4.65. The van der Waals surface area contributed by atoms with Crippen molar-refractivity contribution < 1.29 is 9.59 Å². The molecule has 1 heterocycles. The first-order valence-corrected chi connectivity index (χ1v) is 6.27. The first kappa shape index (κ1) is 15.9. The van der Waals surface area contributed by atoms with E-state index >= 15 is 0 Å². The van der Waals surface area contributed by atoms with Crippen LogP contribution in [0.1, 0.15) is 30.1 Å². The average molecular weight is 281 g/mol. The van der Waals surface area contributed by atoms with Crippen LogP contribution in [0.4, 0.5) is 0 Å². The molecule has 7 heteroatoms. The van der Waals surface area contributed by atoms with Crippen LogP contribution in [0.5, 0.6) is 0 Å². The highest BCUT2D eigenvalue weighted by Crippen LogP contribution is 1.98. The highest BCUT2D eigenvalue weighted by atomic mass is 16.2. The molecule has 1 aromatic heterocycles. The van der Waals surface area contributed by atoms with Crippen molar-refractivity contribution in [3.05, 3.63) is 32.6 Å². The van der Waals surface area contributed by atoms with Crippen LogP contribution in [0, 0.1) is 0 Å². The minimum Gasteiger partial charge on any atom is -0.349 e. The van der Waals surface area contributed by atoms with Gasteiger partial charge in [-0.05, 0) is 13.3 Å². The maximum Gasteiger partial charge on any atom is 0.330 e. The van der Waals surface area contributed by atoms with E-state index in [1.165, 1.54) is 29.6 Å². The van der Waals surface area contributed by atoms with E-state index in [2.05, 4.69) is 0 Å². The summed E-state index contributed by atoms with van der Waals surface area (Å²) in [5, 5.41) is 0. The fourth-order valence-electron chi connectivity index (χ4n) is 1.75. The van der Waals surface area contributed by atoms with Gasteiger partial charge >= 0.3 is 5.69 Å². The Morgan fingerprint density at radius 3 is 2.35 bits per heavy atom. The fraction of sp³-hybridized carbons (Fsp3) is 0.538. The van der Waals surface area contributed by atoms with Crippen LogP contribution in [-0.4, -0.2) is 39.8 Å². The summed E-state index contributed by atoms with van der Waals surface area (Å²) < 4.78 is 2.20. The van der Waals surface area contributed by atoms with Crippen LogP contribution in [0.2, 0.25) is 0 Å². The first-order valence-electron chi connectivity index (χ1n) is 6.27. The van der Waals surface area contributed by atoms with Gasteiger partial charge < -0.3 is 4.90 Å². The second-order valence-corrected chi connectivity index (χ2v) is 4.83. The minimum atomic E-state index is -0.594. The quantitative estimate of drug-likeness (QED) is 0.689. The normalized spacial score (nSPS) is 10.4. The lowest BCUT2D eigenvalue weighted by molar-refractivity contribution is -0.128. The molecule has 110 valence electrons. The molecule has 0 saturated carbocycles. The zero-order chi connectivity index (χ0) is 15.4. The zero-order valence-corrected chi connectivity index (χ0v) is 12.2. The van der Waals surface area contributed by atoms with Gasteiger partial charge in [0.05, 0.1) is 5.56 Å². The van der Waals surface area contributed by atoms with E-state index in [9.17, 15) is 19.2 Å². The van der Waals surface area contributed by atoms with Gasteiger partial charge in [-0.25, -0.2) is 4.79 Å². The second-order valence-electron chi connectivity index (χ2n) is 4.83. The molecule has 0 unspecified atom stereocenters. The van der Waals surface area contributed by atoms with Crippen molar-refractivity contribution in [3.8, 4) is 0 Å². The Labute approximate surface area is 116 Å². The molecular formula is C13H19N3O4. The number of Topliss-reactive ketones (excluding diaryl/α,β-unsaturated/α-hetero) is 1. The van der Waals surface area contributed by atoms with Crippen LogP contribution in [0.3, 0.4) is 0 Å². The molecule has 0 atom stereocenters. The predicted octanol–water partition coefficient (Wildman–Crippen LogP) is -0.382. The Kier molecular flexibility index (Phi) is 5.01. The summed E-state index contributed by atoms with van der Waals surface area (Å²) in [6.45, 7) is 1.56. The molecule has 7 nitrogen and oxygen atoms in total. The van der Waals surface area contributed by atoms with Gasteiger partial charge in [0.15, 0.2) is 5.78 Å². The third-order valence-electron chi connectivity index (χ3n) is 3.02. The first-order chi connectivity index (χ1) is 9.25. The van der Waals surface area contributed by atoms with Crippen LogP contribution in [0.25, 0.3) is 0 Å². The van der Waals surface area contributed by atoms with Crippen molar-refractivity contribution in [2.24, 2.45) is 7.05 Å². The molecular weight excluding hydrogens is 262 g/mol. The number of ketones is 1. The summed E-state index contributed by atoms with van der Waals surface area (Å²) in [6.07, 6.45) is 2.04. The molecule has 0 bridgehead atoms. The highest BCUT2D eigenvalue weighted by Gasteiger charge is 2.12. The van der Waals surface area contributed by atoms with Gasteiger partial charge in [0, 0.05) is 40.3 Å². The number of carbonyl (C=O) groups is 2. The fourth-order valence-corrected chi connectivity index (χ4v) is 1.75. The van der Waals surface area contributed by atoms with Crippen molar-refractivity contribution in [1.29, 1.82) is 0 Å². The standard InChI is InChI=1S/C13H19N3O4/c1-9(17)10-8-16(13(20)15(4)12(10)19)7-5-6-11(18)14(2)3/h8H,5-7H2,1-4H3. The maximum atomic E-state index is 11.9. The van der Waals surface area contributed by atoms with Gasteiger partial charge in [-0.1, -0.05) is 0 Å². The molecule has 20 heavy (non-hydrogen) atoms. The molecule has 0 radical (unpaired) electrons. The topological polar surface area (TPSA) is 81.4 Å². The molecule has 0 aromatic carbocycles. The maximum absolute atomic E-state index is 11.9. The number of hydrogen-bond donors (Lipinski definition) is 0. The number of aromatic nitrogens is 2. The molecule has 0 N–H and O–H groups in total. The Hall–Kier alpha value is -2.18. The summed E-state index contributed by atoms with van der Waals surface area (Å²) in [4.78, 5) is 47.9. The van der Waals surface area contributed by atoms with Crippen LogP contribution in [-0.2, 0) is 18.4 Å². The molecule has 1 rings (SSSR count). The Balaban J connectivity index is 2.97. The van der Waals surface area contributed by atoms with Crippen LogP contribution in [0.15, 0.2) is 15.8 Å². The summed E-state index contributed by atoms with van der Waals surface area (Å²) in [5.41, 5.74) is -1.11. The van der Waals surface area contributed by atoms with E-state index in [4.69, 9.17) is 0 Å². The lowest BCUT2D eigenvalue weighted by atomic mass is 10.2. The SMILES string of the molecule is CC(=O)c1cn(CCCC(=O)N(C)C)c(=O)n(C)c1=O.